The third-order valence-corrected chi connectivity index (χ3v) is 7.29. The number of unbranched alkanes of at least 4 members (excludes halogenated alkanes) is 10. The number of primary amides is 1. The number of hydrogen-bond acceptors (Lipinski definition) is 9. The lowest BCUT2D eigenvalue weighted by Gasteiger charge is -2.22. The van der Waals surface area contributed by atoms with E-state index in [0.29, 0.717) is 6.42 Å². The summed E-state index contributed by atoms with van der Waals surface area (Å²) in [5, 5.41) is 22.4. The second kappa shape index (κ2) is 23.8. The lowest BCUT2D eigenvalue weighted by Crippen LogP contribution is -2.47. The largest absolute Gasteiger partial charge is 0.480 e. The first-order chi connectivity index (χ1) is 19.5. The highest BCUT2D eigenvalue weighted by molar-refractivity contribution is 7.99. The zero-order chi connectivity index (χ0) is 31.0. The lowest BCUT2D eigenvalue weighted by atomic mass is 10.0. The molecule has 0 saturated heterocycles. The number of rotatable bonds is 26. The van der Waals surface area contributed by atoms with Gasteiger partial charge in [0.25, 0.3) is 5.91 Å². The highest BCUT2D eigenvalue weighted by Gasteiger charge is 2.30. The SMILES string of the molecule is CCCCCCCCCCCCCC(=O)N[C@H](CCC(N)=O)C(=O)O[C@H](CSC[C@H](N)C(=O)O)C(=O)NCC(=O)O. The predicted molar refractivity (Wildman–Crippen MR) is 155 cm³/mol. The molecule has 0 unspecified atom stereocenters. The average Bonchev–Trinajstić information content (AvgIpc) is 2.91. The molecule has 0 bridgehead atoms. The van der Waals surface area contributed by atoms with E-state index in [0.717, 1.165) is 31.0 Å². The van der Waals surface area contributed by atoms with Crippen molar-refractivity contribution < 1.29 is 43.7 Å². The van der Waals surface area contributed by atoms with E-state index in [9.17, 15) is 28.8 Å². The Morgan fingerprint density at radius 3 is 1.90 bits per heavy atom. The Balaban J connectivity index is 4.86. The fourth-order valence-electron chi connectivity index (χ4n) is 3.79. The van der Waals surface area contributed by atoms with Crippen LogP contribution in [0.2, 0.25) is 0 Å². The van der Waals surface area contributed by atoms with E-state index in [2.05, 4.69) is 17.6 Å². The summed E-state index contributed by atoms with van der Waals surface area (Å²) in [5.41, 5.74) is 10.7. The first-order valence-corrected chi connectivity index (χ1v) is 15.5. The smallest absolute Gasteiger partial charge is 0.329 e. The van der Waals surface area contributed by atoms with Crippen molar-refractivity contribution in [3.8, 4) is 0 Å². The minimum absolute atomic E-state index is 0.101. The van der Waals surface area contributed by atoms with Crippen LogP contribution in [0.3, 0.4) is 0 Å². The van der Waals surface area contributed by atoms with Crippen molar-refractivity contribution in [1.29, 1.82) is 0 Å². The summed E-state index contributed by atoms with van der Waals surface area (Å²) < 4.78 is 5.27. The summed E-state index contributed by atoms with van der Waals surface area (Å²) in [7, 11) is 0. The zero-order valence-corrected chi connectivity index (χ0v) is 24.9. The molecule has 0 heterocycles. The number of carboxylic acid groups (broad SMARTS) is 2. The Morgan fingerprint density at radius 1 is 0.829 bits per heavy atom. The van der Waals surface area contributed by atoms with E-state index < -0.39 is 60.4 Å². The minimum Gasteiger partial charge on any atom is -0.480 e. The molecule has 13 nitrogen and oxygen atoms in total. The highest BCUT2D eigenvalue weighted by Crippen LogP contribution is 2.13. The van der Waals surface area contributed by atoms with E-state index >= 15 is 0 Å². The van der Waals surface area contributed by atoms with Crippen LogP contribution in [0.25, 0.3) is 0 Å². The maximum Gasteiger partial charge on any atom is 0.329 e. The fourth-order valence-corrected chi connectivity index (χ4v) is 4.75. The summed E-state index contributed by atoms with van der Waals surface area (Å²) in [4.78, 5) is 70.9. The van der Waals surface area contributed by atoms with Gasteiger partial charge in [0, 0.05) is 24.3 Å². The van der Waals surface area contributed by atoms with Gasteiger partial charge >= 0.3 is 17.9 Å². The number of ether oxygens (including phenoxy) is 1. The van der Waals surface area contributed by atoms with Crippen LogP contribution < -0.4 is 22.1 Å². The van der Waals surface area contributed by atoms with E-state index in [4.69, 9.17) is 26.4 Å². The van der Waals surface area contributed by atoms with Gasteiger partial charge in [-0.3, -0.25) is 24.0 Å². The average molecular weight is 605 g/mol. The Bertz CT molecular complexity index is 829. The number of carbonyl (C=O) groups excluding carboxylic acids is 4. The number of carbonyl (C=O) groups is 6. The van der Waals surface area contributed by atoms with E-state index in [1.807, 2.05) is 0 Å². The molecule has 0 aliphatic carbocycles. The van der Waals surface area contributed by atoms with Gasteiger partial charge < -0.3 is 37.1 Å². The van der Waals surface area contributed by atoms with E-state index in [1.165, 1.54) is 44.9 Å². The number of thioether (sulfide) groups is 1. The Labute approximate surface area is 246 Å². The summed E-state index contributed by atoms with van der Waals surface area (Å²) >= 11 is 0.918. The number of nitrogens with two attached hydrogens (primary N) is 2. The van der Waals surface area contributed by atoms with Gasteiger partial charge in [-0.15, -0.1) is 0 Å². The van der Waals surface area contributed by atoms with Crippen molar-refractivity contribution in [2.45, 2.75) is 115 Å². The zero-order valence-electron chi connectivity index (χ0n) is 24.1. The van der Waals surface area contributed by atoms with Crippen LogP contribution in [0.4, 0.5) is 0 Å². The molecule has 0 aromatic heterocycles. The Morgan fingerprint density at radius 2 is 1.39 bits per heavy atom. The maximum absolute atomic E-state index is 12.9. The molecule has 0 aromatic rings. The maximum atomic E-state index is 12.9. The molecule has 0 fully saturated rings. The second-order valence-corrected chi connectivity index (χ2v) is 11.0. The standard InChI is InChI=1S/C27H48N4O9S/c1-2-3-4-5-6-7-8-9-10-11-12-13-23(33)31-20(14-15-22(29)32)27(39)40-21(25(36)30-16-24(34)35)18-41-17-19(28)26(37)38/h19-21H,2-18,28H2,1H3,(H2,29,32)(H,30,36)(H,31,33)(H,34,35)(H,37,38)/t19-,20+,21+/m0/s1. The van der Waals surface area contributed by atoms with Gasteiger partial charge in [0.1, 0.15) is 18.6 Å². The first-order valence-electron chi connectivity index (χ1n) is 14.3. The Hall–Kier alpha value is -2.87. The quantitative estimate of drug-likeness (QED) is 0.0614. The van der Waals surface area contributed by atoms with Crippen LogP contribution in [0, 0.1) is 0 Å². The minimum atomic E-state index is -1.49. The molecule has 8 N–H and O–H groups in total. The first kappa shape index (κ1) is 38.1. The summed E-state index contributed by atoms with van der Waals surface area (Å²) in [6.07, 6.45) is 10.6. The van der Waals surface area contributed by atoms with Crippen molar-refractivity contribution in [2.75, 3.05) is 18.1 Å². The number of esters is 1. The molecule has 3 atom stereocenters. The number of hydrogen-bond donors (Lipinski definition) is 6. The molecule has 0 rings (SSSR count). The molecular weight excluding hydrogens is 556 g/mol. The van der Waals surface area contributed by atoms with Gasteiger partial charge in [-0.1, -0.05) is 71.1 Å². The van der Waals surface area contributed by atoms with Gasteiger partial charge in [-0.05, 0) is 12.8 Å². The van der Waals surface area contributed by atoms with E-state index in [-0.39, 0.29) is 30.8 Å². The van der Waals surface area contributed by atoms with E-state index in [1.54, 1.807) is 0 Å². The molecule has 0 aromatic carbocycles. The molecule has 0 spiro atoms. The predicted octanol–water partition coefficient (Wildman–Crippen LogP) is 1.70. The van der Waals surface area contributed by atoms with Gasteiger partial charge in [0.05, 0.1) is 0 Å². The second-order valence-electron chi connectivity index (χ2n) is 9.93. The molecule has 0 aliphatic rings. The van der Waals surface area contributed by atoms with Gasteiger partial charge in [-0.25, -0.2) is 4.79 Å². The summed E-state index contributed by atoms with van der Waals surface area (Å²) in [5.74, 6) is -5.93. The third-order valence-electron chi connectivity index (χ3n) is 6.16. The molecule has 14 heteroatoms. The number of nitrogens with one attached hydrogen (secondary N) is 2. The Kier molecular flexibility index (Phi) is 22.1. The van der Waals surface area contributed by atoms with Crippen LogP contribution >= 0.6 is 11.8 Å². The molecule has 236 valence electrons. The summed E-state index contributed by atoms with van der Waals surface area (Å²) in [6, 6.07) is -2.49. The summed E-state index contributed by atoms with van der Waals surface area (Å²) in [6.45, 7) is 1.47. The highest BCUT2D eigenvalue weighted by atomic mass is 32.2. The topological polar surface area (TPSA) is 228 Å². The molecule has 3 amide bonds. The van der Waals surface area contributed by atoms with Crippen LogP contribution in [0.1, 0.15) is 96.8 Å². The van der Waals surface area contributed by atoms with Gasteiger partial charge in [0.2, 0.25) is 11.8 Å². The molecule has 0 aliphatic heterocycles. The van der Waals surface area contributed by atoms with Crippen LogP contribution in [0.15, 0.2) is 0 Å². The number of carboxylic acids is 2. The monoisotopic (exact) mass is 604 g/mol. The van der Waals surface area contributed by atoms with Crippen LogP contribution in [-0.2, 0) is 33.5 Å². The van der Waals surface area contributed by atoms with Crippen molar-refractivity contribution in [1.82, 2.24) is 10.6 Å². The molecular formula is C27H48N4O9S. The van der Waals surface area contributed by atoms with Gasteiger partial charge in [0.15, 0.2) is 6.10 Å². The number of amides is 3. The van der Waals surface area contributed by atoms with Crippen molar-refractivity contribution in [3.05, 3.63) is 0 Å². The lowest BCUT2D eigenvalue weighted by molar-refractivity contribution is -0.157. The fraction of sp³-hybridized carbons (Fsp3) is 0.778. The molecule has 0 radical (unpaired) electrons. The van der Waals surface area contributed by atoms with Gasteiger partial charge in [-0.2, -0.15) is 11.8 Å². The molecule has 0 saturated carbocycles. The molecule has 41 heavy (non-hydrogen) atoms. The normalized spacial score (nSPS) is 13.0. The van der Waals surface area contributed by atoms with Crippen molar-refractivity contribution >= 4 is 47.4 Å². The number of aliphatic carboxylic acids is 2. The van der Waals surface area contributed by atoms with Crippen LogP contribution in [-0.4, -0.2) is 82.1 Å². The third kappa shape index (κ3) is 21.5. The van der Waals surface area contributed by atoms with Crippen molar-refractivity contribution in [2.24, 2.45) is 11.5 Å². The van der Waals surface area contributed by atoms with Crippen LogP contribution in [0.5, 0.6) is 0 Å². The van der Waals surface area contributed by atoms with Crippen molar-refractivity contribution in [3.63, 3.8) is 0 Å².